The van der Waals surface area contributed by atoms with E-state index in [9.17, 15) is 9.59 Å². The first-order chi connectivity index (χ1) is 6.67. The molecule has 0 unspecified atom stereocenters. The summed E-state index contributed by atoms with van der Waals surface area (Å²) in [6.45, 7) is 0.0141. The molecule has 1 aromatic heterocycles. The number of hydrogen-bond donors (Lipinski definition) is 1. The lowest BCUT2D eigenvalue weighted by atomic mass is 10.3. The van der Waals surface area contributed by atoms with Crippen LogP contribution >= 0.6 is 0 Å². The summed E-state index contributed by atoms with van der Waals surface area (Å²) in [4.78, 5) is 22.3. The Morgan fingerprint density at radius 3 is 2.93 bits per heavy atom. The number of pyridine rings is 1. The maximum atomic E-state index is 11.3. The smallest absolute Gasteiger partial charge is 0.252 e. The Balaban J connectivity index is 2.97. The Kier molecular flexibility index (Phi) is 3.08. The number of terminal acetylenes is 1. The molecule has 0 fully saturated rings. The highest BCUT2D eigenvalue weighted by atomic mass is 16.2. The molecule has 0 spiro atoms. The Labute approximate surface area is 81.6 Å². The van der Waals surface area contributed by atoms with Crippen molar-refractivity contribution in [2.45, 2.75) is 6.54 Å². The van der Waals surface area contributed by atoms with Gasteiger partial charge in [-0.25, -0.2) is 0 Å². The molecule has 0 atom stereocenters. The summed E-state index contributed by atoms with van der Waals surface area (Å²) in [5.41, 5.74) is 0.243. The first kappa shape index (κ1) is 10.1. The molecule has 4 nitrogen and oxygen atoms in total. The van der Waals surface area contributed by atoms with Crippen LogP contribution in [0.25, 0.3) is 0 Å². The lowest BCUT2D eigenvalue weighted by Gasteiger charge is -2.03. The van der Waals surface area contributed by atoms with Gasteiger partial charge >= 0.3 is 0 Å². The number of hydrogen-bond acceptors (Lipinski definition) is 2. The Bertz CT molecular complexity index is 440. The second-order valence-corrected chi connectivity index (χ2v) is 2.70. The highest BCUT2D eigenvalue weighted by Crippen LogP contribution is 1.91. The molecule has 1 amide bonds. The van der Waals surface area contributed by atoms with Crippen LogP contribution in [0, 0.1) is 12.3 Å². The number of nitrogens with zero attached hydrogens (tertiary/aromatic N) is 1. The van der Waals surface area contributed by atoms with E-state index in [2.05, 4.69) is 11.2 Å². The molecule has 0 saturated heterocycles. The highest BCUT2D eigenvalue weighted by molar-refractivity contribution is 5.75. The molecule has 0 aliphatic carbocycles. The van der Waals surface area contributed by atoms with Crippen LogP contribution in [0.3, 0.4) is 0 Å². The molecule has 1 N–H and O–H groups in total. The van der Waals surface area contributed by atoms with Gasteiger partial charge in [-0.3, -0.25) is 9.59 Å². The Morgan fingerprint density at radius 1 is 1.71 bits per heavy atom. The molecule has 0 aliphatic rings. The van der Waals surface area contributed by atoms with E-state index < -0.39 is 0 Å². The van der Waals surface area contributed by atoms with Crippen LogP contribution in [0.4, 0.5) is 0 Å². The second-order valence-electron chi connectivity index (χ2n) is 2.70. The Hall–Kier alpha value is -2.02. The van der Waals surface area contributed by atoms with Gasteiger partial charge in [-0.1, -0.05) is 5.92 Å². The van der Waals surface area contributed by atoms with Crippen LogP contribution in [0.1, 0.15) is 5.56 Å². The summed E-state index contributed by atoms with van der Waals surface area (Å²) in [6, 6.07) is 2.94. The standard InChI is InChI=1S/C10H10N2O2/c1-3-8-4-5-12(10(14)6-8)7-9(13)11-2/h1,4-6H,7H2,2H3,(H,11,13). The molecule has 0 saturated carbocycles. The lowest BCUT2D eigenvalue weighted by molar-refractivity contribution is -0.121. The fourth-order valence-electron chi connectivity index (χ4n) is 0.962. The van der Waals surface area contributed by atoms with Gasteiger partial charge in [-0.15, -0.1) is 6.42 Å². The lowest BCUT2D eigenvalue weighted by Crippen LogP contribution is -2.29. The van der Waals surface area contributed by atoms with E-state index >= 15 is 0 Å². The number of amides is 1. The van der Waals surface area contributed by atoms with Crippen LogP contribution in [-0.2, 0) is 11.3 Å². The quantitative estimate of drug-likeness (QED) is 0.644. The van der Waals surface area contributed by atoms with Gasteiger partial charge in [-0.05, 0) is 6.07 Å². The normalized spacial score (nSPS) is 9.14. The molecule has 14 heavy (non-hydrogen) atoms. The third kappa shape index (κ3) is 2.23. The predicted octanol–water partition coefficient (Wildman–Crippen LogP) is -0.424. The summed E-state index contributed by atoms with van der Waals surface area (Å²) in [7, 11) is 1.52. The number of nitrogens with one attached hydrogen (secondary N) is 1. The fraction of sp³-hybridized carbons (Fsp3) is 0.200. The van der Waals surface area contributed by atoms with Gasteiger partial charge in [-0.2, -0.15) is 0 Å². The van der Waals surface area contributed by atoms with Crippen molar-refractivity contribution in [3.8, 4) is 12.3 Å². The number of rotatable bonds is 2. The second kappa shape index (κ2) is 4.28. The number of aromatic nitrogens is 1. The van der Waals surface area contributed by atoms with Crippen molar-refractivity contribution in [2.24, 2.45) is 0 Å². The van der Waals surface area contributed by atoms with E-state index in [1.165, 1.54) is 23.9 Å². The van der Waals surface area contributed by atoms with Crippen LogP contribution < -0.4 is 10.9 Å². The number of carbonyl (C=O) groups excluding carboxylic acids is 1. The topological polar surface area (TPSA) is 51.1 Å². The van der Waals surface area contributed by atoms with Crippen molar-refractivity contribution < 1.29 is 4.79 Å². The summed E-state index contributed by atoms with van der Waals surface area (Å²) >= 11 is 0. The molecular formula is C10H10N2O2. The average molecular weight is 190 g/mol. The van der Waals surface area contributed by atoms with Gasteiger partial charge in [0.05, 0.1) is 0 Å². The molecule has 1 rings (SSSR count). The molecule has 72 valence electrons. The number of likely N-dealkylation sites (N-methyl/N-ethyl adjacent to an activating group) is 1. The van der Waals surface area contributed by atoms with Gasteiger partial charge < -0.3 is 9.88 Å². The predicted molar refractivity (Wildman–Crippen MR) is 52.7 cm³/mol. The maximum Gasteiger partial charge on any atom is 0.252 e. The van der Waals surface area contributed by atoms with Crippen molar-refractivity contribution in [3.05, 3.63) is 34.2 Å². The van der Waals surface area contributed by atoms with Crippen molar-refractivity contribution in [1.82, 2.24) is 9.88 Å². The molecule has 0 aromatic carbocycles. The summed E-state index contributed by atoms with van der Waals surface area (Å²) in [6.07, 6.45) is 6.63. The third-order valence-electron chi connectivity index (χ3n) is 1.76. The van der Waals surface area contributed by atoms with Crippen LogP contribution in [0.2, 0.25) is 0 Å². The largest absolute Gasteiger partial charge is 0.358 e. The van der Waals surface area contributed by atoms with E-state index in [4.69, 9.17) is 6.42 Å². The van der Waals surface area contributed by atoms with Gasteiger partial charge in [0.1, 0.15) is 6.54 Å². The zero-order valence-electron chi connectivity index (χ0n) is 7.78. The summed E-state index contributed by atoms with van der Waals surface area (Å²) in [5, 5.41) is 2.43. The zero-order valence-corrected chi connectivity index (χ0v) is 7.78. The van der Waals surface area contributed by atoms with Crippen LogP contribution in [0.5, 0.6) is 0 Å². The summed E-state index contributed by atoms with van der Waals surface area (Å²) < 4.78 is 1.29. The number of carbonyl (C=O) groups is 1. The average Bonchev–Trinajstić information content (AvgIpc) is 2.20. The van der Waals surface area contributed by atoms with Gasteiger partial charge in [0.15, 0.2) is 0 Å². The Morgan fingerprint density at radius 2 is 2.43 bits per heavy atom. The SMILES string of the molecule is C#Cc1ccn(CC(=O)NC)c(=O)c1. The van der Waals surface area contributed by atoms with E-state index in [0.717, 1.165) is 0 Å². The minimum Gasteiger partial charge on any atom is -0.358 e. The molecule has 4 heteroatoms. The minimum absolute atomic E-state index is 0.0141. The van der Waals surface area contributed by atoms with Crippen molar-refractivity contribution >= 4 is 5.91 Å². The first-order valence-electron chi connectivity index (χ1n) is 4.05. The van der Waals surface area contributed by atoms with Crippen LogP contribution in [0.15, 0.2) is 23.1 Å². The summed E-state index contributed by atoms with van der Waals surface area (Å²) in [5.74, 6) is 2.13. The molecule has 1 heterocycles. The molecular weight excluding hydrogens is 180 g/mol. The van der Waals surface area contributed by atoms with Gasteiger partial charge in [0, 0.05) is 24.9 Å². The first-order valence-corrected chi connectivity index (χ1v) is 4.05. The van der Waals surface area contributed by atoms with E-state index in [-0.39, 0.29) is 18.0 Å². The third-order valence-corrected chi connectivity index (χ3v) is 1.76. The zero-order chi connectivity index (χ0) is 10.6. The van der Waals surface area contributed by atoms with Crippen molar-refractivity contribution in [3.63, 3.8) is 0 Å². The van der Waals surface area contributed by atoms with Crippen LogP contribution in [-0.4, -0.2) is 17.5 Å². The van der Waals surface area contributed by atoms with Crippen molar-refractivity contribution in [2.75, 3.05) is 7.05 Å². The van der Waals surface area contributed by atoms with Gasteiger partial charge in [0.2, 0.25) is 5.91 Å². The van der Waals surface area contributed by atoms with E-state index in [1.54, 1.807) is 6.07 Å². The minimum atomic E-state index is -0.274. The maximum absolute atomic E-state index is 11.3. The monoisotopic (exact) mass is 190 g/mol. The molecule has 1 aromatic rings. The fourth-order valence-corrected chi connectivity index (χ4v) is 0.962. The highest BCUT2D eigenvalue weighted by Gasteiger charge is 2.01. The van der Waals surface area contributed by atoms with E-state index in [1.807, 2.05) is 0 Å². The van der Waals surface area contributed by atoms with Gasteiger partial charge in [0.25, 0.3) is 5.56 Å². The van der Waals surface area contributed by atoms with Crippen molar-refractivity contribution in [1.29, 1.82) is 0 Å². The molecule has 0 aliphatic heterocycles. The molecule has 0 radical (unpaired) electrons. The van der Waals surface area contributed by atoms with E-state index in [0.29, 0.717) is 5.56 Å². The molecule has 0 bridgehead atoms.